The fraction of sp³-hybridized carbons (Fsp3) is 0.195. The van der Waals surface area contributed by atoms with E-state index in [-0.39, 0.29) is 16.5 Å². The highest BCUT2D eigenvalue weighted by Gasteiger charge is 2.28. The summed E-state index contributed by atoms with van der Waals surface area (Å²) in [5.74, 6) is 0. The van der Waals surface area contributed by atoms with Crippen molar-refractivity contribution in [1.29, 1.82) is 0 Å². The maximum absolute atomic E-state index is 14.4. The third-order valence-electron chi connectivity index (χ3n) is 9.81. The molecular weight excluding hydrogens is 582 g/mol. The smallest absolute Gasteiger partial charge is 0.262 e. The second-order valence-electron chi connectivity index (χ2n) is 12.5. The molecule has 232 valence electrons. The van der Waals surface area contributed by atoms with Crippen molar-refractivity contribution in [2.45, 2.75) is 19.4 Å². The largest absolute Gasteiger partial charge is 0.369 e. The number of piperazine rings is 1. The van der Waals surface area contributed by atoms with E-state index >= 15 is 0 Å². The third-order valence-corrected chi connectivity index (χ3v) is 9.81. The van der Waals surface area contributed by atoms with E-state index in [1.807, 2.05) is 91.0 Å². The summed E-state index contributed by atoms with van der Waals surface area (Å²) in [6.07, 6.45) is 1.60. The minimum Gasteiger partial charge on any atom is -0.369 e. The molecule has 6 heteroatoms. The van der Waals surface area contributed by atoms with Gasteiger partial charge in [0.05, 0.1) is 10.8 Å². The fourth-order valence-electron chi connectivity index (χ4n) is 7.53. The lowest BCUT2D eigenvalue weighted by molar-refractivity contribution is 0.251. The Morgan fingerprint density at radius 3 is 1.55 bits per heavy atom. The van der Waals surface area contributed by atoms with Gasteiger partial charge >= 0.3 is 0 Å². The zero-order valence-electron chi connectivity index (χ0n) is 26.2. The Balaban J connectivity index is 1.20. The Kier molecular flexibility index (Phi) is 7.50. The van der Waals surface area contributed by atoms with Crippen molar-refractivity contribution in [2.75, 3.05) is 37.6 Å². The highest BCUT2D eigenvalue weighted by Crippen LogP contribution is 2.43. The minimum absolute atomic E-state index is 0.111. The van der Waals surface area contributed by atoms with Crippen LogP contribution in [0.2, 0.25) is 0 Å². The molecular formula is C41H35N3O3. The van der Waals surface area contributed by atoms with Crippen molar-refractivity contribution in [1.82, 2.24) is 9.47 Å². The molecule has 0 saturated carbocycles. The normalized spacial score (nSPS) is 14.1. The molecule has 0 N–H and O–H groups in total. The standard InChI is InChI=1S/C41H35N3O3/c45-39-32-21-11-10-20-31(32)35-33(28-14-4-1-5-15-28)37-38(34(36(35)39)29-16-6-2-7-17-29)41(47)44(40(37)46)23-13-12-22-42-24-26-43(27-25-42)30-18-8-3-9-19-30/h1-11,14-21H,12-13,22-27H2. The Bertz CT molecular complexity index is 2370. The number of fused-ring (bicyclic) bond motifs is 4. The van der Waals surface area contributed by atoms with Crippen molar-refractivity contribution < 1.29 is 0 Å². The topological polar surface area (TPSA) is 62.6 Å². The number of nitrogens with zero attached hydrogens (tertiary/aromatic N) is 3. The van der Waals surface area contributed by atoms with Gasteiger partial charge in [-0.2, -0.15) is 0 Å². The van der Waals surface area contributed by atoms with Gasteiger partial charge < -0.3 is 4.90 Å². The van der Waals surface area contributed by atoms with Gasteiger partial charge in [-0.1, -0.05) is 103 Å². The molecule has 1 aliphatic heterocycles. The molecule has 1 fully saturated rings. The summed E-state index contributed by atoms with van der Waals surface area (Å²) < 4.78 is 1.42. The molecule has 6 nitrogen and oxygen atoms in total. The fourth-order valence-corrected chi connectivity index (χ4v) is 7.53. The third kappa shape index (κ3) is 4.97. The van der Waals surface area contributed by atoms with Crippen LogP contribution in [0.15, 0.2) is 130 Å². The lowest BCUT2D eigenvalue weighted by atomic mass is 9.89. The van der Waals surface area contributed by atoms with Crippen LogP contribution in [-0.2, 0) is 6.54 Å². The Morgan fingerprint density at radius 1 is 0.468 bits per heavy atom. The highest BCUT2D eigenvalue weighted by atomic mass is 16.2. The first kappa shape index (κ1) is 29.1. The van der Waals surface area contributed by atoms with Gasteiger partial charge in [-0.15, -0.1) is 0 Å². The summed E-state index contributed by atoms with van der Waals surface area (Å²) in [6.45, 7) is 5.22. The van der Waals surface area contributed by atoms with Gasteiger partial charge in [0.2, 0.25) is 0 Å². The average molecular weight is 618 g/mol. The SMILES string of the molecule is O=c1c2ccccc2c2c(-c3ccccc3)c3c(=O)n(CCCCN4CCN(c5ccccc5)CC4)c(=O)c3c(-c3ccccc3)c12. The quantitative estimate of drug-likeness (QED) is 0.175. The van der Waals surface area contributed by atoms with Crippen LogP contribution < -0.4 is 21.4 Å². The maximum atomic E-state index is 14.4. The number of rotatable bonds is 8. The second kappa shape index (κ2) is 12.1. The number of para-hydroxylation sites is 1. The van der Waals surface area contributed by atoms with Crippen LogP contribution in [0.1, 0.15) is 12.8 Å². The molecule has 1 aliphatic rings. The van der Waals surface area contributed by atoms with Crippen LogP contribution in [0.4, 0.5) is 5.69 Å². The summed E-state index contributed by atoms with van der Waals surface area (Å²) in [4.78, 5) is 47.9. The van der Waals surface area contributed by atoms with E-state index in [4.69, 9.17) is 0 Å². The van der Waals surface area contributed by atoms with E-state index in [1.54, 1.807) is 0 Å². The number of hydrogen-bond donors (Lipinski definition) is 0. The van der Waals surface area contributed by atoms with E-state index in [2.05, 4.69) is 34.1 Å². The number of anilines is 1. The van der Waals surface area contributed by atoms with Crippen molar-refractivity contribution in [2.24, 2.45) is 0 Å². The minimum atomic E-state index is -0.316. The molecule has 7 aromatic rings. The molecule has 47 heavy (non-hydrogen) atoms. The number of aromatic nitrogens is 1. The van der Waals surface area contributed by atoms with Crippen molar-refractivity contribution >= 4 is 38.0 Å². The Hall–Kier alpha value is -5.33. The molecule has 0 amide bonds. The summed E-state index contributed by atoms with van der Waals surface area (Å²) in [7, 11) is 0. The van der Waals surface area contributed by atoms with E-state index in [9.17, 15) is 14.4 Å². The first-order chi connectivity index (χ1) is 23.1. The first-order valence-electron chi connectivity index (χ1n) is 16.5. The van der Waals surface area contributed by atoms with Gasteiger partial charge in [0.25, 0.3) is 11.1 Å². The molecule has 0 unspecified atom stereocenters. The zero-order chi connectivity index (χ0) is 31.9. The first-order valence-corrected chi connectivity index (χ1v) is 16.5. The number of hydrogen-bond acceptors (Lipinski definition) is 5. The van der Waals surface area contributed by atoms with Gasteiger partial charge in [0.1, 0.15) is 0 Å². The van der Waals surface area contributed by atoms with Crippen LogP contribution >= 0.6 is 0 Å². The van der Waals surface area contributed by atoms with Gasteiger partial charge in [-0.3, -0.25) is 23.9 Å². The molecule has 0 radical (unpaired) electrons. The van der Waals surface area contributed by atoms with Crippen molar-refractivity contribution in [3.05, 3.63) is 146 Å². The maximum Gasteiger partial charge on any atom is 0.262 e. The molecule has 0 atom stereocenters. The zero-order valence-corrected chi connectivity index (χ0v) is 26.2. The van der Waals surface area contributed by atoms with Crippen LogP contribution in [0.3, 0.4) is 0 Å². The molecule has 8 rings (SSSR count). The van der Waals surface area contributed by atoms with Gasteiger partial charge in [0.15, 0.2) is 5.43 Å². The second-order valence-corrected chi connectivity index (χ2v) is 12.5. The summed E-state index contributed by atoms with van der Waals surface area (Å²) in [5.41, 5.74) is 3.37. The molecule has 0 bridgehead atoms. The molecule has 6 aromatic carbocycles. The van der Waals surface area contributed by atoms with Crippen LogP contribution in [0.5, 0.6) is 0 Å². The molecule has 0 spiro atoms. The number of unbranched alkanes of at least 4 members (excludes halogenated alkanes) is 1. The molecule has 1 saturated heterocycles. The van der Waals surface area contributed by atoms with Gasteiger partial charge in [-0.25, -0.2) is 0 Å². The van der Waals surface area contributed by atoms with Crippen molar-refractivity contribution in [3.63, 3.8) is 0 Å². The monoisotopic (exact) mass is 617 g/mol. The summed E-state index contributed by atoms with van der Waals surface area (Å²) in [6, 6.07) is 37.4. The predicted molar refractivity (Wildman–Crippen MR) is 193 cm³/mol. The van der Waals surface area contributed by atoms with Crippen LogP contribution in [-0.4, -0.2) is 42.2 Å². The Labute approximate surface area is 272 Å². The van der Waals surface area contributed by atoms with Crippen LogP contribution in [0.25, 0.3) is 54.6 Å². The van der Waals surface area contributed by atoms with Crippen LogP contribution in [0, 0.1) is 0 Å². The molecule has 2 heterocycles. The molecule has 1 aromatic heterocycles. The van der Waals surface area contributed by atoms with E-state index < -0.39 is 0 Å². The lowest BCUT2D eigenvalue weighted by Gasteiger charge is -2.36. The number of benzene rings is 5. The van der Waals surface area contributed by atoms with E-state index in [1.165, 1.54) is 10.3 Å². The highest BCUT2D eigenvalue weighted by molar-refractivity contribution is 6.29. The lowest BCUT2D eigenvalue weighted by Crippen LogP contribution is -2.46. The van der Waals surface area contributed by atoms with E-state index in [0.717, 1.165) is 61.0 Å². The van der Waals surface area contributed by atoms with Gasteiger partial charge in [-0.05, 0) is 48.0 Å². The summed E-state index contributed by atoms with van der Waals surface area (Å²) in [5, 5.41) is 3.40. The molecule has 0 aliphatic carbocycles. The predicted octanol–water partition coefficient (Wildman–Crippen LogP) is 6.84. The average Bonchev–Trinajstić information content (AvgIpc) is 3.56. The Morgan fingerprint density at radius 2 is 0.957 bits per heavy atom. The van der Waals surface area contributed by atoms with Gasteiger partial charge in [0, 0.05) is 65.7 Å². The van der Waals surface area contributed by atoms with Crippen molar-refractivity contribution in [3.8, 4) is 22.3 Å². The summed E-state index contributed by atoms with van der Waals surface area (Å²) >= 11 is 0. The van der Waals surface area contributed by atoms with E-state index in [0.29, 0.717) is 45.6 Å².